The number of carbonyl (C=O) groups excluding carboxylic acids is 1. The normalized spacial score (nSPS) is 13.8. The number of hydrogen-bond donors (Lipinski definition) is 1. The topological polar surface area (TPSA) is 43.3 Å². The lowest BCUT2D eigenvalue weighted by Gasteiger charge is -2.16. The first-order chi connectivity index (χ1) is 10.2. The van der Waals surface area contributed by atoms with Gasteiger partial charge in [-0.1, -0.05) is 12.1 Å². The third-order valence-electron chi connectivity index (χ3n) is 3.74. The predicted octanol–water partition coefficient (Wildman–Crippen LogP) is 2.79. The van der Waals surface area contributed by atoms with Gasteiger partial charge in [-0.15, -0.1) is 0 Å². The van der Waals surface area contributed by atoms with Gasteiger partial charge in [0.15, 0.2) is 0 Å². The second-order valence-electron chi connectivity index (χ2n) is 5.12. The highest BCUT2D eigenvalue weighted by molar-refractivity contribution is 9.10. The molecule has 2 aromatic rings. The maximum absolute atomic E-state index is 12.6. The van der Waals surface area contributed by atoms with Crippen LogP contribution in [0.3, 0.4) is 0 Å². The second-order valence-corrected chi connectivity index (χ2v) is 5.94. The largest absolute Gasteiger partial charge is 0.497 e. The van der Waals surface area contributed by atoms with Gasteiger partial charge in [-0.2, -0.15) is 0 Å². The average molecular weight is 349 g/mol. The monoisotopic (exact) mass is 348 g/mol. The van der Waals surface area contributed by atoms with Gasteiger partial charge in [0.2, 0.25) is 5.91 Å². The molecule has 0 spiro atoms. The van der Waals surface area contributed by atoms with Crippen LogP contribution in [0.4, 0.5) is 0 Å². The van der Waals surface area contributed by atoms with E-state index in [0.29, 0.717) is 6.42 Å². The van der Waals surface area contributed by atoms with E-state index >= 15 is 0 Å². The number of hydrogen-bond acceptors (Lipinski definition) is 3. The zero-order valence-corrected chi connectivity index (χ0v) is 13.4. The van der Waals surface area contributed by atoms with Crippen molar-refractivity contribution in [3.8, 4) is 5.75 Å². The van der Waals surface area contributed by atoms with Gasteiger partial charge >= 0.3 is 0 Å². The van der Waals surface area contributed by atoms with Gasteiger partial charge in [0.25, 0.3) is 0 Å². The molecule has 0 aliphatic carbocycles. The van der Waals surface area contributed by atoms with Gasteiger partial charge in [0.05, 0.1) is 18.1 Å². The van der Waals surface area contributed by atoms with Gasteiger partial charge in [0.1, 0.15) is 5.75 Å². The average Bonchev–Trinajstić information content (AvgIpc) is 2.83. The highest BCUT2D eigenvalue weighted by atomic mass is 79.9. The summed E-state index contributed by atoms with van der Waals surface area (Å²) in [7, 11) is 1.63. The van der Waals surface area contributed by atoms with Gasteiger partial charge in [-0.05, 0) is 45.3 Å². The van der Waals surface area contributed by atoms with Crippen molar-refractivity contribution in [1.82, 2.24) is 9.88 Å². The zero-order valence-electron chi connectivity index (χ0n) is 11.9. The molecule has 1 N–H and O–H groups in total. The van der Waals surface area contributed by atoms with Crippen LogP contribution in [0.25, 0.3) is 0 Å². The van der Waals surface area contributed by atoms with Crippen LogP contribution >= 0.6 is 15.9 Å². The lowest BCUT2D eigenvalue weighted by Crippen LogP contribution is -2.26. The van der Waals surface area contributed by atoms with E-state index in [2.05, 4.69) is 21.2 Å². The lowest BCUT2D eigenvalue weighted by atomic mass is 10.1. The van der Waals surface area contributed by atoms with Gasteiger partial charge in [-0.25, -0.2) is 0 Å². The first kappa shape index (κ1) is 14.4. The number of carbonyl (C=O) groups is 1. The van der Waals surface area contributed by atoms with E-state index < -0.39 is 0 Å². The van der Waals surface area contributed by atoms with E-state index in [1.165, 1.54) is 5.56 Å². The van der Waals surface area contributed by atoms with E-state index in [0.717, 1.165) is 41.1 Å². The molecular formula is C16H17BrN2O2. The van der Waals surface area contributed by atoms with Crippen LogP contribution in [-0.2, 0) is 19.4 Å². The lowest BCUT2D eigenvalue weighted by molar-refractivity contribution is 0.0908. The number of fused-ring (bicyclic) bond motifs is 1. The minimum Gasteiger partial charge on any atom is -0.497 e. The van der Waals surface area contributed by atoms with Crippen LogP contribution in [0.1, 0.15) is 21.6 Å². The van der Waals surface area contributed by atoms with Crippen molar-refractivity contribution < 1.29 is 9.53 Å². The summed E-state index contributed by atoms with van der Waals surface area (Å²) in [5, 5.41) is 3.32. The van der Waals surface area contributed by atoms with Crippen molar-refractivity contribution in [1.29, 1.82) is 0 Å². The first-order valence-electron chi connectivity index (χ1n) is 6.95. The molecule has 1 aliphatic rings. The number of rotatable bonds is 3. The summed E-state index contributed by atoms with van der Waals surface area (Å²) in [6.45, 7) is 1.74. The summed E-state index contributed by atoms with van der Waals surface area (Å²) >= 11 is 3.51. The third-order valence-corrected chi connectivity index (χ3v) is 4.32. The number of benzene rings is 1. The molecule has 3 rings (SSSR count). The van der Waals surface area contributed by atoms with E-state index in [-0.39, 0.29) is 5.91 Å². The highest BCUT2D eigenvalue weighted by Crippen LogP contribution is 2.24. The fourth-order valence-corrected chi connectivity index (χ4v) is 3.41. The molecule has 0 unspecified atom stereocenters. The van der Waals surface area contributed by atoms with Crippen molar-refractivity contribution in [3.05, 3.63) is 51.8 Å². The van der Waals surface area contributed by atoms with E-state index in [1.807, 2.05) is 30.3 Å². The molecule has 4 nitrogen and oxygen atoms in total. The molecule has 0 saturated heterocycles. The molecule has 1 aromatic carbocycles. The fraction of sp³-hybridized carbons (Fsp3) is 0.312. The van der Waals surface area contributed by atoms with Gasteiger partial charge in [0, 0.05) is 25.2 Å². The molecule has 5 heteroatoms. The molecule has 0 bridgehead atoms. The number of halogens is 1. The minimum absolute atomic E-state index is 0.0817. The van der Waals surface area contributed by atoms with Gasteiger partial charge < -0.3 is 10.1 Å². The maximum atomic E-state index is 12.6. The summed E-state index contributed by atoms with van der Waals surface area (Å²) < 4.78 is 7.84. The molecule has 0 saturated carbocycles. The Bertz CT molecular complexity index is 679. The third kappa shape index (κ3) is 2.89. The zero-order chi connectivity index (χ0) is 14.8. The number of methoxy groups -OCH3 is 1. The van der Waals surface area contributed by atoms with E-state index in [4.69, 9.17) is 4.74 Å². The SMILES string of the molecule is COc1cccc(CC(=O)n2c(Br)cc3c2CCNC3)c1. The molecule has 2 heterocycles. The molecule has 1 aliphatic heterocycles. The molecule has 110 valence electrons. The Morgan fingerprint density at radius 3 is 3.10 bits per heavy atom. The number of nitrogens with zero attached hydrogens (tertiary/aromatic N) is 1. The standard InChI is InChI=1S/C16H17BrN2O2/c1-21-13-4-2-3-11(7-13)8-16(20)19-14-5-6-18-10-12(14)9-15(19)17/h2-4,7,9,18H,5-6,8,10H2,1H3. The highest BCUT2D eigenvalue weighted by Gasteiger charge is 2.21. The molecule has 0 amide bonds. The first-order valence-corrected chi connectivity index (χ1v) is 7.74. The molecule has 0 fully saturated rings. The molecule has 0 atom stereocenters. The molecule has 0 radical (unpaired) electrons. The van der Waals surface area contributed by atoms with Crippen molar-refractivity contribution in [2.45, 2.75) is 19.4 Å². The maximum Gasteiger partial charge on any atom is 0.236 e. The Balaban J connectivity index is 1.87. The molecular weight excluding hydrogens is 332 g/mol. The predicted molar refractivity (Wildman–Crippen MR) is 84.9 cm³/mol. The van der Waals surface area contributed by atoms with Gasteiger partial charge in [-0.3, -0.25) is 9.36 Å². The summed E-state index contributed by atoms with van der Waals surface area (Å²) in [4.78, 5) is 12.6. The fourth-order valence-electron chi connectivity index (χ4n) is 2.73. The Morgan fingerprint density at radius 1 is 1.43 bits per heavy atom. The quantitative estimate of drug-likeness (QED) is 0.927. The Labute approximate surface area is 132 Å². The van der Waals surface area contributed by atoms with Crippen LogP contribution in [0.5, 0.6) is 5.75 Å². The van der Waals surface area contributed by atoms with Crippen molar-refractivity contribution in [3.63, 3.8) is 0 Å². The molecule has 1 aromatic heterocycles. The molecule has 21 heavy (non-hydrogen) atoms. The number of nitrogens with one attached hydrogen (secondary N) is 1. The van der Waals surface area contributed by atoms with Crippen molar-refractivity contribution in [2.24, 2.45) is 0 Å². The Hall–Kier alpha value is -1.59. The number of aromatic nitrogens is 1. The Morgan fingerprint density at radius 2 is 2.29 bits per heavy atom. The smallest absolute Gasteiger partial charge is 0.236 e. The Kier molecular flexibility index (Phi) is 4.12. The summed E-state index contributed by atoms with van der Waals surface area (Å²) in [6, 6.07) is 9.68. The van der Waals surface area contributed by atoms with Crippen LogP contribution in [-0.4, -0.2) is 24.1 Å². The van der Waals surface area contributed by atoms with E-state index in [9.17, 15) is 4.79 Å². The second kappa shape index (κ2) is 6.03. The van der Waals surface area contributed by atoms with Crippen LogP contribution < -0.4 is 10.1 Å². The van der Waals surface area contributed by atoms with Crippen LogP contribution in [0, 0.1) is 0 Å². The van der Waals surface area contributed by atoms with Crippen molar-refractivity contribution in [2.75, 3.05) is 13.7 Å². The van der Waals surface area contributed by atoms with Crippen molar-refractivity contribution >= 4 is 21.8 Å². The summed E-state index contributed by atoms with van der Waals surface area (Å²) in [5.41, 5.74) is 3.28. The van der Waals surface area contributed by atoms with Crippen LogP contribution in [0.15, 0.2) is 34.9 Å². The minimum atomic E-state index is 0.0817. The van der Waals surface area contributed by atoms with E-state index in [1.54, 1.807) is 11.7 Å². The summed E-state index contributed by atoms with van der Waals surface area (Å²) in [6.07, 6.45) is 1.25. The summed E-state index contributed by atoms with van der Waals surface area (Å²) in [5.74, 6) is 0.858. The number of ether oxygens (including phenoxy) is 1. The van der Waals surface area contributed by atoms with Crippen LogP contribution in [0.2, 0.25) is 0 Å².